The van der Waals surface area contributed by atoms with Gasteiger partial charge in [-0.2, -0.15) is 0 Å². The lowest BCUT2D eigenvalue weighted by atomic mass is 9.94. The molecule has 0 aromatic carbocycles. The monoisotopic (exact) mass is 228 g/mol. The van der Waals surface area contributed by atoms with Crippen LogP contribution >= 0.6 is 0 Å². The molecule has 0 bridgehead atoms. The van der Waals surface area contributed by atoms with Crippen LogP contribution in [0.5, 0.6) is 0 Å². The van der Waals surface area contributed by atoms with Crippen LogP contribution in [0.15, 0.2) is 0 Å². The first-order valence-corrected chi connectivity index (χ1v) is 6.78. The first kappa shape index (κ1) is 13.9. The second-order valence-corrected chi connectivity index (χ2v) is 4.80. The molecule has 0 heterocycles. The molecule has 0 saturated heterocycles. The number of ether oxygens (including phenoxy) is 1. The third kappa shape index (κ3) is 4.40. The highest BCUT2D eigenvalue weighted by Crippen LogP contribution is 2.22. The Labute approximate surface area is 100 Å². The van der Waals surface area contributed by atoms with Gasteiger partial charge in [0.05, 0.1) is 6.10 Å². The Kier molecular flexibility index (Phi) is 7.01. The first-order chi connectivity index (χ1) is 7.81. The van der Waals surface area contributed by atoms with E-state index in [0.29, 0.717) is 6.54 Å². The molecule has 0 amide bonds. The minimum absolute atomic E-state index is 0.234. The topological polar surface area (TPSA) is 38.5 Å². The second kappa shape index (κ2) is 8.04. The van der Waals surface area contributed by atoms with E-state index in [1.807, 2.05) is 0 Å². The van der Waals surface area contributed by atoms with Crippen LogP contribution in [-0.2, 0) is 4.74 Å². The average Bonchev–Trinajstić information content (AvgIpc) is 2.36. The van der Waals surface area contributed by atoms with E-state index in [9.17, 15) is 0 Å². The number of rotatable bonds is 7. The van der Waals surface area contributed by atoms with E-state index in [-0.39, 0.29) is 6.10 Å². The Bertz CT molecular complexity index is 165. The molecule has 96 valence electrons. The minimum atomic E-state index is 0.234. The fourth-order valence-electron chi connectivity index (χ4n) is 2.69. The number of nitrogens with zero attached hydrogens (tertiary/aromatic N) is 1. The molecule has 1 saturated carbocycles. The molecule has 0 aromatic heterocycles. The summed E-state index contributed by atoms with van der Waals surface area (Å²) in [7, 11) is 1.76. The molecule has 1 fully saturated rings. The van der Waals surface area contributed by atoms with Crippen molar-refractivity contribution >= 4 is 0 Å². The summed E-state index contributed by atoms with van der Waals surface area (Å²) in [5.41, 5.74) is 5.65. The SMILES string of the molecule is CCN(CCC(CN)OC)C1CCCCC1. The Morgan fingerprint density at radius 2 is 2.00 bits per heavy atom. The average molecular weight is 228 g/mol. The normalized spacial score (nSPS) is 20.2. The van der Waals surface area contributed by atoms with Crippen molar-refractivity contribution in [2.75, 3.05) is 26.7 Å². The number of hydrogen-bond donors (Lipinski definition) is 1. The molecule has 3 nitrogen and oxygen atoms in total. The molecule has 1 rings (SSSR count). The molecule has 16 heavy (non-hydrogen) atoms. The second-order valence-electron chi connectivity index (χ2n) is 4.80. The van der Waals surface area contributed by atoms with Crippen LogP contribution in [0.25, 0.3) is 0 Å². The van der Waals surface area contributed by atoms with E-state index in [0.717, 1.165) is 25.6 Å². The Morgan fingerprint density at radius 3 is 2.50 bits per heavy atom. The summed E-state index contributed by atoms with van der Waals surface area (Å²) in [6.45, 7) is 5.19. The Hall–Kier alpha value is -0.120. The van der Waals surface area contributed by atoms with Gasteiger partial charge in [0.15, 0.2) is 0 Å². The Balaban J connectivity index is 2.29. The quantitative estimate of drug-likeness (QED) is 0.724. The van der Waals surface area contributed by atoms with Crippen molar-refractivity contribution in [3.63, 3.8) is 0 Å². The lowest BCUT2D eigenvalue weighted by Gasteiger charge is -2.34. The lowest BCUT2D eigenvalue weighted by molar-refractivity contribution is 0.0773. The third-order valence-corrected chi connectivity index (χ3v) is 3.83. The molecule has 1 atom stereocenters. The third-order valence-electron chi connectivity index (χ3n) is 3.83. The van der Waals surface area contributed by atoms with Gasteiger partial charge in [0, 0.05) is 26.2 Å². The summed E-state index contributed by atoms with van der Waals surface area (Å²) in [6.07, 6.45) is 8.31. The predicted octanol–water partition coefficient (Wildman–Crippen LogP) is 2.00. The summed E-state index contributed by atoms with van der Waals surface area (Å²) in [4.78, 5) is 2.61. The maximum Gasteiger partial charge on any atom is 0.0705 e. The molecule has 1 aliphatic rings. The first-order valence-electron chi connectivity index (χ1n) is 6.78. The smallest absolute Gasteiger partial charge is 0.0705 e. The standard InChI is InChI=1S/C13H28N2O/c1-3-15(10-9-13(11-14)16-2)12-7-5-4-6-8-12/h12-13H,3-11,14H2,1-2H3. The molecule has 0 spiro atoms. The molecule has 2 N–H and O–H groups in total. The zero-order valence-corrected chi connectivity index (χ0v) is 11.0. The van der Waals surface area contributed by atoms with Crippen LogP contribution in [-0.4, -0.2) is 43.8 Å². The maximum absolute atomic E-state index is 5.65. The van der Waals surface area contributed by atoms with Crippen LogP contribution < -0.4 is 5.73 Å². The van der Waals surface area contributed by atoms with Gasteiger partial charge in [-0.05, 0) is 25.8 Å². The summed E-state index contributed by atoms with van der Waals surface area (Å²) in [5, 5.41) is 0. The van der Waals surface area contributed by atoms with Crippen molar-refractivity contribution in [1.29, 1.82) is 0 Å². The van der Waals surface area contributed by atoms with Gasteiger partial charge in [-0.1, -0.05) is 26.2 Å². The highest BCUT2D eigenvalue weighted by atomic mass is 16.5. The number of nitrogens with two attached hydrogens (primary N) is 1. The lowest BCUT2D eigenvalue weighted by Crippen LogP contribution is -2.39. The van der Waals surface area contributed by atoms with Gasteiger partial charge in [-0.3, -0.25) is 0 Å². The molecule has 0 radical (unpaired) electrons. The van der Waals surface area contributed by atoms with Gasteiger partial charge < -0.3 is 15.4 Å². The van der Waals surface area contributed by atoms with Crippen LogP contribution in [0, 0.1) is 0 Å². The van der Waals surface area contributed by atoms with Gasteiger partial charge in [-0.15, -0.1) is 0 Å². The highest BCUT2D eigenvalue weighted by molar-refractivity contribution is 4.76. The molecule has 3 heteroatoms. The van der Waals surface area contributed by atoms with E-state index in [4.69, 9.17) is 10.5 Å². The van der Waals surface area contributed by atoms with Crippen molar-refractivity contribution in [2.24, 2.45) is 5.73 Å². The van der Waals surface area contributed by atoms with Crippen molar-refractivity contribution in [2.45, 2.75) is 57.6 Å². The largest absolute Gasteiger partial charge is 0.380 e. The van der Waals surface area contributed by atoms with Crippen LogP contribution in [0.4, 0.5) is 0 Å². The highest BCUT2D eigenvalue weighted by Gasteiger charge is 2.20. The zero-order valence-electron chi connectivity index (χ0n) is 11.0. The van der Waals surface area contributed by atoms with Crippen molar-refractivity contribution in [1.82, 2.24) is 4.90 Å². The number of methoxy groups -OCH3 is 1. The summed E-state index contributed by atoms with van der Waals surface area (Å²) >= 11 is 0. The van der Waals surface area contributed by atoms with Crippen LogP contribution in [0.3, 0.4) is 0 Å². The van der Waals surface area contributed by atoms with E-state index >= 15 is 0 Å². The number of hydrogen-bond acceptors (Lipinski definition) is 3. The molecule has 1 unspecified atom stereocenters. The van der Waals surface area contributed by atoms with Crippen LogP contribution in [0.2, 0.25) is 0 Å². The van der Waals surface area contributed by atoms with Gasteiger partial charge in [-0.25, -0.2) is 0 Å². The molecular formula is C13H28N2O. The molecular weight excluding hydrogens is 200 g/mol. The summed E-state index contributed by atoms with van der Waals surface area (Å²) in [5.74, 6) is 0. The van der Waals surface area contributed by atoms with Gasteiger partial charge in [0.2, 0.25) is 0 Å². The van der Waals surface area contributed by atoms with E-state index < -0.39 is 0 Å². The molecule has 0 aromatic rings. The van der Waals surface area contributed by atoms with Gasteiger partial charge in [0.25, 0.3) is 0 Å². The van der Waals surface area contributed by atoms with Crippen molar-refractivity contribution in [3.8, 4) is 0 Å². The van der Waals surface area contributed by atoms with Crippen molar-refractivity contribution in [3.05, 3.63) is 0 Å². The Morgan fingerprint density at radius 1 is 1.31 bits per heavy atom. The summed E-state index contributed by atoms with van der Waals surface area (Å²) < 4.78 is 5.33. The van der Waals surface area contributed by atoms with Gasteiger partial charge >= 0.3 is 0 Å². The van der Waals surface area contributed by atoms with E-state index in [1.54, 1.807) is 7.11 Å². The zero-order chi connectivity index (χ0) is 11.8. The fourth-order valence-corrected chi connectivity index (χ4v) is 2.69. The predicted molar refractivity (Wildman–Crippen MR) is 68.6 cm³/mol. The molecule has 0 aliphatic heterocycles. The summed E-state index contributed by atoms with van der Waals surface area (Å²) in [6, 6.07) is 0.814. The maximum atomic E-state index is 5.65. The van der Waals surface area contributed by atoms with Gasteiger partial charge in [0.1, 0.15) is 0 Å². The van der Waals surface area contributed by atoms with E-state index in [1.165, 1.54) is 32.1 Å². The molecule has 1 aliphatic carbocycles. The van der Waals surface area contributed by atoms with Crippen LogP contribution in [0.1, 0.15) is 45.4 Å². The minimum Gasteiger partial charge on any atom is -0.380 e. The van der Waals surface area contributed by atoms with Crippen molar-refractivity contribution < 1.29 is 4.74 Å². The fraction of sp³-hybridized carbons (Fsp3) is 1.00. The van der Waals surface area contributed by atoms with E-state index in [2.05, 4.69) is 11.8 Å².